The molecule has 7 nitrogen and oxygen atoms in total. The van der Waals surface area contributed by atoms with Gasteiger partial charge in [-0.1, -0.05) is 6.07 Å². The van der Waals surface area contributed by atoms with E-state index in [4.69, 9.17) is 4.74 Å². The van der Waals surface area contributed by atoms with Crippen LogP contribution in [0.1, 0.15) is 23.0 Å². The predicted molar refractivity (Wildman–Crippen MR) is 109 cm³/mol. The van der Waals surface area contributed by atoms with E-state index in [1.54, 1.807) is 40.1 Å². The number of pyridine rings is 2. The third-order valence-electron chi connectivity index (χ3n) is 5.18. The van der Waals surface area contributed by atoms with Crippen molar-refractivity contribution in [3.05, 3.63) is 59.9 Å². The average Bonchev–Trinajstić information content (AvgIpc) is 2.78. The first kappa shape index (κ1) is 21.5. The van der Waals surface area contributed by atoms with Gasteiger partial charge in [0.05, 0.1) is 11.1 Å². The van der Waals surface area contributed by atoms with Gasteiger partial charge in [-0.25, -0.2) is 9.97 Å². The fourth-order valence-electron chi connectivity index (χ4n) is 3.40. The summed E-state index contributed by atoms with van der Waals surface area (Å²) in [6.07, 6.45) is -3.75. The van der Waals surface area contributed by atoms with Crippen molar-refractivity contribution in [3.8, 4) is 11.6 Å². The Bertz CT molecular complexity index is 1160. The highest BCUT2D eigenvalue weighted by molar-refractivity contribution is 5.95. The van der Waals surface area contributed by atoms with E-state index in [0.717, 1.165) is 12.1 Å². The van der Waals surface area contributed by atoms with Crippen LogP contribution in [0, 0.1) is 0 Å². The molecule has 3 heterocycles. The number of carbonyl (C=O) groups is 2. The van der Waals surface area contributed by atoms with Gasteiger partial charge in [-0.05, 0) is 30.3 Å². The Morgan fingerprint density at radius 2 is 1.69 bits per heavy atom. The molecule has 10 heteroatoms. The summed E-state index contributed by atoms with van der Waals surface area (Å²) in [4.78, 5) is 35.7. The lowest BCUT2D eigenvalue weighted by atomic mass is 10.1. The molecule has 1 aromatic carbocycles. The number of halogens is 3. The molecule has 32 heavy (non-hydrogen) atoms. The molecule has 0 bridgehead atoms. The Kier molecular flexibility index (Phi) is 5.68. The van der Waals surface area contributed by atoms with Crippen LogP contribution < -0.4 is 4.74 Å². The van der Waals surface area contributed by atoms with Crippen LogP contribution in [0.5, 0.6) is 11.6 Å². The van der Waals surface area contributed by atoms with Gasteiger partial charge in [0.2, 0.25) is 11.8 Å². The molecule has 166 valence electrons. The van der Waals surface area contributed by atoms with E-state index >= 15 is 0 Å². The number of alkyl halides is 3. The van der Waals surface area contributed by atoms with Crippen molar-refractivity contribution in [1.82, 2.24) is 19.8 Å². The highest BCUT2D eigenvalue weighted by atomic mass is 19.4. The molecule has 2 amide bonds. The molecule has 1 aliphatic rings. The van der Waals surface area contributed by atoms with Gasteiger partial charge in [-0.2, -0.15) is 13.2 Å². The molecular formula is C22H19F3N4O3. The summed E-state index contributed by atoms with van der Waals surface area (Å²) in [7, 11) is 0. The van der Waals surface area contributed by atoms with Crippen LogP contribution in [0.2, 0.25) is 0 Å². The standard InChI is InChI=1S/C22H19F3N4O3/c1-14(30)28-8-10-29(11-9-28)21(31)19-5-2-15-12-17(4-6-18(15)27-19)32-20-7-3-16(13-26-20)22(23,24)25/h2-7,12-13H,8-11H2,1H3. The lowest BCUT2D eigenvalue weighted by molar-refractivity contribution is -0.137. The largest absolute Gasteiger partial charge is 0.439 e. The number of ether oxygens (including phenoxy) is 1. The number of benzene rings is 1. The number of nitrogens with zero attached hydrogens (tertiary/aromatic N) is 4. The molecule has 0 spiro atoms. The van der Waals surface area contributed by atoms with E-state index in [-0.39, 0.29) is 17.7 Å². The van der Waals surface area contributed by atoms with Crippen LogP contribution in [-0.4, -0.2) is 57.8 Å². The first-order valence-corrected chi connectivity index (χ1v) is 9.87. The maximum absolute atomic E-state index is 12.8. The fourth-order valence-corrected chi connectivity index (χ4v) is 3.40. The molecule has 0 N–H and O–H groups in total. The molecule has 2 aromatic heterocycles. The monoisotopic (exact) mass is 444 g/mol. The minimum absolute atomic E-state index is 0.00884. The summed E-state index contributed by atoms with van der Waals surface area (Å²) >= 11 is 0. The van der Waals surface area contributed by atoms with E-state index < -0.39 is 11.7 Å². The second kappa shape index (κ2) is 8.45. The van der Waals surface area contributed by atoms with Gasteiger partial charge in [0.1, 0.15) is 11.4 Å². The zero-order valence-electron chi connectivity index (χ0n) is 17.1. The SMILES string of the molecule is CC(=O)N1CCN(C(=O)c2ccc3cc(Oc4ccc(C(F)(F)F)cn4)ccc3n2)CC1. The molecule has 0 unspecified atom stereocenters. The molecule has 1 aliphatic heterocycles. The maximum Gasteiger partial charge on any atom is 0.417 e. The zero-order chi connectivity index (χ0) is 22.9. The van der Waals surface area contributed by atoms with E-state index in [9.17, 15) is 22.8 Å². The number of aromatic nitrogens is 2. The van der Waals surface area contributed by atoms with Crippen LogP contribution in [0.15, 0.2) is 48.7 Å². The third kappa shape index (κ3) is 4.63. The van der Waals surface area contributed by atoms with E-state index in [1.165, 1.54) is 6.92 Å². The van der Waals surface area contributed by atoms with Gasteiger partial charge in [0.15, 0.2) is 0 Å². The van der Waals surface area contributed by atoms with Crippen molar-refractivity contribution in [1.29, 1.82) is 0 Å². The number of hydrogen-bond donors (Lipinski definition) is 0. The molecule has 1 saturated heterocycles. The summed E-state index contributed by atoms with van der Waals surface area (Å²) in [6.45, 7) is 3.39. The summed E-state index contributed by atoms with van der Waals surface area (Å²) in [5.74, 6) is 0.197. The van der Waals surface area contributed by atoms with Crippen molar-refractivity contribution >= 4 is 22.7 Å². The van der Waals surface area contributed by atoms with Crippen molar-refractivity contribution in [2.45, 2.75) is 13.1 Å². The second-order valence-electron chi connectivity index (χ2n) is 7.33. The topological polar surface area (TPSA) is 75.6 Å². The summed E-state index contributed by atoms with van der Waals surface area (Å²) in [5.41, 5.74) is 0.0188. The van der Waals surface area contributed by atoms with Crippen LogP contribution >= 0.6 is 0 Å². The zero-order valence-corrected chi connectivity index (χ0v) is 17.1. The Labute approximate surface area is 181 Å². The van der Waals surface area contributed by atoms with Crippen molar-refractivity contribution in [2.75, 3.05) is 26.2 Å². The molecular weight excluding hydrogens is 425 g/mol. The number of piperazine rings is 1. The van der Waals surface area contributed by atoms with Gasteiger partial charge < -0.3 is 14.5 Å². The Morgan fingerprint density at radius 1 is 0.969 bits per heavy atom. The van der Waals surface area contributed by atoms with Gasteiger partial charge in [0, 0.05) is 50.8 Å². The molecule has 0 aliphatic carbocycles. The van der Waals surface area contributed by atoms with Crippen molar-refractivity contribution in [3.63, 3.8) is 0 Å². The molecule has 0 atom stereocenters. The van der Waals surface area contributed by atoms with Gasteiger partial charge in [-0.15, -0.1) is 0 Å². The number of carbonyl (C=O) groups excluding carboxylic acids is 2. The predicted octanol–water partition coefficient (Wildman–Crippen LogP) is 3.75. The summed E-state index contributed by atoms with van der Waals surface area (Å²) in [5, 5.41) is 0.701. The minimum Gasteiger partial charge on any atom is -0.439 e. The Balaban J connectivity index is 1.46. The van der Waals surface area contributed by atoms with E-state index in [1.807, 2.05) is 0 Å². The number of fused-ring (bicyclic) bond motifs is 1. The fraction of sp³-hybridized carbons (Fsp3) is 0.273. The average molecular weight is 444 g/mol. The van der Waals surface area contributed by atoms with Crippen LogP contribution in [0.4, 0.5) is 13.2 Å². The van der Waals surface area contributed by atoms with Gasteiger partial charge in [-0.3, -0.25) is 9.59 Å². The van der Waals surface area contributed by atoms with E-state index in [0.29, 0.717) is 54.7 Å². The van der Waals surface area contributed by atoms with Crippen LogP contribution in [0.25, 0.3) is 10.9 Å². The van der Waals surface area contributed by atoms with E-state index in [2.05, 4.69) is 9.97 Å². The smallest absolute Gasteiger partial charge is 0.417 e. The summed E-state index contributed by atoms with van der Waals surface area (Å²) in [6, 6.07) is 10.3. The maximum atomic E-state index is 12.8. The minimum atomic E-state index is -4.46. The molecule has 1 fully saturated rings. The first-order chi connectivity index (χ1) is 15.2. The molecule has 3 aromatic rings. The van der Waals surface area contributed by atoms with Gasteiger partial charge >= 0.3 is 6.18 Å². The highest BCUT2D eigenvalue weighted by Gasteiger charge is 2.30. The summed E-state index contributed by atoms with van der Waals surface area (Å²) < 4.78 is 43.5. The number of hydrogen-bond acceptors (Lipinski definition) is 5. The second-order valence-corrected chi connectivity index (χ2v) is 7.33. The van der Waals surface area contributed by atoms with Crippen LogP contribution in [0.3, 0.4) is 0 Å². The number of amides is 2. The van der Waals surface area contributed by atoms with Crippen LogP contribution in [-0.2, 0) is 11.0 Å². The highest BCUT2D eigenvalue weighted by Crippen LogP contribution is 2.30. The normalized spacial score (nSPS) is 14.5. The Hall–Kier alpha value is -3.69. The molecule has 4 rings (SSSR count). The molecule has 0 radical (unpaired) electrons. The quantitative estimate of drug-likeness (QED) is 0.615. The lowest BCUT2D eigenvalue weighted by Gasteiger charge is -2.34. The van der Waals surface area contributed by atoms with Crippen molar-refractivity contribution < 1.29 is 27.5 Å². The first-order valence-electron chi connectivity index (χ1n) is 9.87. The van der Waals surface area contributed by atoms with Crippen molar-refractivity contribution in [2.24, 2.45) is 0 Å². The lowest BCUT2D eigenvalue weighted by Crippen LogP contribution is -2.50. The molecule has 0 saturated carbocycles. The third-order valence-corrected chi connectivity index (χ3v) is 5.18. The Morgan fingerprint density at radius 3 is 2.31 bits per heavy atom. The van der Waals surface area contributed by atoms with Gasteiger partial charge in [0.25, 0.3) is 5.91 Å². The number of rotatable bonds is 3.